The summed E-state index contributed by atoms with van der Waals surface area (Å²) in [5.41, 5.74) is 0.0109. The molecule has 0 bridgehead atoms. The Morgan fingerprint density at radius 1 is 1.35 bits per heavy atom. The zero-order valence-corrected chi connectivity index (χ0v) is 15.3. The summed E-state index contributed by atoms with van der Waals surface area (Å²) in [6, 6.07) is 5.25. The quantitative estimate of drug-likeness (QED) is 0.451. The molecule has 0 aliphatic heterocycles. The fourth-order valence-electron chi connectivity index (χ4n) is 2.71. The minimum Gasteiger partial charge on any atom is -0.461 e. The second-order valence-electron chi connectivity index (χ2n) is 6.51. The van der Waals surface area contributed by atoms with Crippen LogP contribution in [0, 0.1) is 17.3 Å². The average Bonchev–Trinajstić information content (AvgIpc) is 3.04. The number of carbonyl (C=O) groups excluding carboxylic acids is 1. The van der Waals surface area contributed by atoms with Crippen molar-refractivity contribution >= 4 is 29.2 Å². The maximum atomic E-state index is 12.9. The number of hydrogen-bond donors (Lipinski definition) is 0. The van der Waals surface area contributed by atoms with Gasteiger partial charge in [-0.25, -0.2) is 0 Å². The van der Waals surface area contributed by atoms with Crippen LogP contribution in [0.4, 0.5) is 17.6 Å². The number of halogens is 6. The van der Waals surface area contributed by atoms with Crippen LogP contribution in [-0.4, -0.2) is 18.5 Å². The highest BCUT2D eigenvalue weighted by Gasteiger charge is 2.61. The minimum absolute atomic E-state index is 0.0636. The van der Waals surface area contributed by atoms with Gasteiger partial charge in [0.05, 0.1) is 5.92 Å². The standard InChI is InChI=1S/C17H16Cl2F4O3/c1-16(2)11(7-12(18)19)13(16)14(24)25-8-9-4-3-5-10(6-9)26-15(20)17(21,22)23/h3-7,11,13,15H,8H2,1-2H3. The van der Waals surface area contributed by atoms with Crippen LogP contribution in [0.2, 0.25) is 0 Å². The number of hydrogen-bond acceptors (Lipinski definition) is 3. The molecule has 0 spiro atoms. The van der Waals surface area contributed by atoms with Gasteiger partial charge in [-0.05, 0) is 35.1 Å². The summed E-state index contributed by atoms with van der Waals surface area (Å²) < 4.78 is 59.0. The van der Waals surface area contributed by atoms with Gasteiger partial charge in [0.2, 0.25) is 0 Å². The van der Waals surface area contributed by atoms with E-state index in [1.165, 1.54) is 24.3 Å². The van der Waals surface area contributed by atoms with Crippen molar-refractivity contribution in [3.63, 3.8) is 0 Å². The molecule has 2 rings (SSSR count). The molecule has 3 nitrogen and oxygen atoms in total. The zero-order chi connectivity index (χ0) is 19.7. The monoisotopic (exact) mass is 414 g/mol. The number of benzene rings is 1. The second-order valence-corrected chi connectivity index (χ2v) is 7.52. The molecular formula is C17H16Cl2F4O3. The third-order valence-electron chi connectivity index (χ3n) is 4.25. The summed E-state index contributed by atoms with van der Waals surface area (Å²) in [6.07, 6.45) is -6.98. The number of alkyl halides is 4. The molecule has 0 aromatic heterocycles. The van der Waals surface area contributed by atoms with E-state index in [9.17, 15) is 22.4 Å². The van der Waals surface area contributed by atoms with Crippen molar-refractivity contribution in [2.45, 2.75) is 33.0 Å². The van der Waals surface area contributed by atoms with Gasteiger partial charge >= 0.3 is 18.5 Å². The predicted octanol–water partition coefficient (Wildman–Crippen LogP) is 5.56. The lowest BCUT2D eigenvalue weighted by Gasteiger charge is -2.14. The van der Waals surface area contributed by atoms with Crippen LogP contribution in [0.5, 0.6) is 5.75 Å². The summed E-state index contributed by atoms with van der Waals surface area (Å²) in [4.78, 5) is 12.2. The summed E-state index contributed by atoms with van der Waals surface area (Å²) in [7, 11) is 0. The third-order valence-corrected chi connectivity index (χ3v) is 4.50. The van der Waals surface area contributed by atoms with Gasteiger partial charge in [0.1, 0.15) is 16.8 Å². The van der Waals surface area contributed by atoms with E-state index in [0.29, 0.717) is 5.56 Å². The molecule has 0 amide bonds. The SMILES string of the molecule is CC1(C)C(C=C(Cl)Cl)C1C(=O)OCc1cccc(OC(F)C(F)(F)F)c1. The Kier molecular flexibility index (Phi) is 6.13. The summed E-state index contributed by atoms with van der Waals surface area (Å²) >= 11 is 11.2. The maximum Gasteiger partial charge on any atom is 0.457 e. The molecule has 0 radical (unpaired) electrons. The number of ether oxygens (including phenoxy) is 2. The molecule has 3 unspecified atom stereocenters. The molecule has 3 atom stereocenters. The van der Waals surface area contributed by atoms with E-state index in [4.69, 9.17) is 27.9 Å². The minimum atomic E-state index is -5.12. The van der Waals surface area contributed by atoms with Gasteiger partial charge in [0.25, 0.3) is 0 Å². The number of carbonyl (C=O) groups is 1. The van der Waals surface area contributed by atoms with E-state index < -0.39 is 24.4 Å². The van der Waals surface area contributed by atoms with Crippen molar-refractivity contribution in [1.82, 2.24) is 0 Å². The molecule has 9 heteroatoms. The fraction of sp³-hybridized carbons (Fsp3) is 0.471. The molecule has 26 heavy (non-hydrogen) atoms. The first-order chi connectivity index (χ1) is 11.9. The van der Waals surface area contributed by atoms with Crippen molar-refractivity contribution < 1.29 is 31.8 Å². The van der Waals surface area contributed by atoms with Crippen LogP contribution in [-0.2, 0) is 16.1 Å². The van der Waals surface area contributed by atoms with E-state index in [0.717, 1.165) is 0 Å². The highest BCUT2D eigenvalue weighted by atomic mass is 35.5. The van der Waals surface area contributed by atoms with E-state index >= 15 is 0 Å². The van der Waals surface area contributed by atoms with Gasteiger partial charge in [-0.2, -0.15) is 17.6 Å². The topological polar surface area (TPSA) is 35.5 Å². The van der Waals surface area contributed by atoms with Crippen LogP contribution < -0.4 is 4.74 Å². The number of esters is 1. The van der Waals surface area contributed by atoms with Gasteiger partial charge in [0, 0.05) is 0 Å². The summed E-state index contributed by atoms with van der Waals surface area (Å²) in [5, 5.41) is 0. The van der Waals surface area contributed by atoms with Gasteiger partial charge in [0.15, 0.2) is 0 Å². The lowest BCUT2D eigenvalue weighted by molar-refractivity contribution is -0.236. The van der Waals surface area contributed by atoms with E-state index in [-0.39, 0.29) is 28.2 Å². The average molecular weight is 415 g/mol. The van der Waals surface area contributed by atoms with Crippen molar-refractivity contribution in [1.29, 1.82) is 0 Å². The van der Waals surface area contributed by atoms with E-state index in [2.05, 4.69) is 4.74 Å². The second kappa shape index (κ2) is 7.64. The zero-order valence-electron chi connectivity index (χ0n) is 13.8. The maximum absolute atomic E-state index is 12.9. The van der Waals surface area contributed by atoms with Gasteiger partial charge in [-0.15, -0.1) is 0 Å². The molecule has 144 valence electrons. The largest absolute Gasteiger partial charge is 0.461 e. The Labute approximate surface area is 157 Å². The lowest BCUT2D eigenvalue weighted by Crippen LogP contribution is -2.29. The molecule has 1 aliphatic carbocycles. The molecule has 1 saturated carbocycles. The normalized spacial score (nSPS) is 22.3. The van der Waals surface area contributed by atoms with Crippen molar-refractivity contribution in [2.75, 3.05) is 0 Å². The first-order valence-electron chi connectivity index (χ1n) is 7.58. The smallest absolute Gasteiger partial charge is 0.457 e. The van der Waals surface area contributed by atoms with Crippen LogP contribution >= 0.6 is 23.2 Å². The molecule has 0 N–H and O–H groups in total. The molecule has 0 heterocycles. The van der Waals surface area contributed by atoms with Crippen LogP contribution in [0.25, 0.3) is 0 Å². The first-order valence-corrected chi connectivity index (χ1v) is 8.34. The number of allylic oxidation sites excluding steroid dienone is 1. The van der Waals surface area contributed by atoms with Crippen LogP contribution in [0.3, 0.4) is 0 Å². The Bertz CT molecular complexity index is 699. The Balaban J connectivity index is 1.95. The van der Waals surface area contributed by atoms with Crippen molar-refractivity contribution in [3.8, 4) is 5.75 Å². The molecule has 1 aliphatic rings. The van der Waals surface area contributed by atoms with Crippen LogP contribution in [0.1, 0.15) is 19.4 Å². The van der Waals surface area contributed by atoms with E-state index in [1.54, 1.807) is 6.08 Å². The highest BCUT2D eigenvalue weighted by molar-refractivity contribution is 6.55. The molecule has 1 aromatic rings. The van der Waals surface area contributed by atoms with Crippen LogP contribution in [0.15, 0.2) is 34.8 Å². The Hall–Kier alpha value is -1.47. The summed E-state index contributed by atoms with van der Waals surface area (Å²) in [6.45, 7) is 3.55. The van der Waals surface area contributed by atoms with Gasteiger partial charge in [-0.3, -0.25) is 4.79 Å². The summed E-state index contributed by atoms with van der Waals surface area (Å²) in [5.74, 6) is -1.37. The van der Waals surface area contributed by atoms with Crippen molar-refractivity contribution in [3.05, 3.63) is 40.4 Å². The molecule has 1 fully saturated rings. The third kappa shape index (κ3) is 5.04. The predicted molar refractivity (Wildman–Crippen MR) is 88.4 cm³/mol. The lowest BCUT2D eigenvalue weighted by atomic mass is 10.1. The Morgan fingerprint density at radius 2 is 2.00 bits per heavy atom. The highest BCUT2D eigenvalue weighted by Crippen LogP contribution is 2.60. The van der Waals surface area contributed by atoms with Gasteiger partial charge < -0.3 is 9.47 Å². The van der Waals surface area contributed by atoms with E-state index in [1.807, 2.05) is 13.8 Å². The Morgan fingerprint density at radius 3 is 2.58 bits per heavy atom. The first kappa shape index (κ1) is 20.8. The number of rotatable bonds is 6. The van der Waals surface area contributed by atoms with Gasteiger partial charge in [-0.1, -0.05) is 49.2 Å². The molecule has 0 saturated heterocycles. The fourth-order valence-corrected chi connectivity index (χ4v) is 2.99. The molecular weight excluding hydrogens is 399 g/mol. The molecule has 1 aromatic carbocycles. The van der Waals surface area contributed by atoms with Crippen molar-refractivity contribution in [2.24, 2.45) is 17.3 Å².